The number of phenols is 1. The number of alkyl halides is 3. The monoisotopic (exact) mass is 349 g/mol. The van der Waals surface area contributed by atoms with E-state index in [1.165, 1.54) is 12.1 Å². The predicted molar refractivity (Wildman–Crippen MR) is 87.4 cm³/mol. The maximum atomic E-state index is 12.6. The van der Waals surface area contributed by atoms with Gasteiger partial charge in [-0.05, 0) is 60.7 Å². The van der Waals surface area contributed by atoms with Crippen LogP contribution in [-0.2, 0) is 6.18 Å². The molecule has 1 heterocycles. The lowest BCUT2D eigenvalue weighted by Gasteiger charge is -2.32. The first-order chi connectivity index (χ1) is 11.8. The van der Waals surface area contributed by atoms with Crippen molar-refractivity contribution in [2.75, 3.05) is 13.1 Å². The van der Waals surface area contributed by atoms with Crippen LogP contribution in [0.2, 0.25) is 0 Å². The Morgan fingerprint density at radius 3 is 2.24 bits per heavy atom. The Bertz CT molecular complexity index is 748. The summed E-state index contributed by atoms with van der Waals surface area (Å²) >= 11 is 0. The fraction of sp³-hybridized carbons (Fsp3) is 0.316. The first-order valence-electron chi connectivity index (χ1n) is 8.10. The van der Waals surface area contributed by atoms with Crippen molar-refractivity contribution in [2.45, 2.75) is 24.9 Å². The van der Waals surface area contributed by atoms with Gasteiger partial charge < -0.3 is 10.0 Å². The summed E-state index contributed by atoms with van der Waals surface area (Å²) in [7, 11) is 0. The lowest BCUT2D eigenvalue weighted by Crippen LogP contribution is -2.37. The number of amides is 1. The Kier molecular flexibility index (Phi) is 4.70. The summed E-state index contributed by atoms with van der Waals surface area (Å²) in [4.78, 5) is 14.1. The summed E-state index contributed by atoms with van der Waals surface area (Å²) in [6.07, 6.45) is -2.88. The van der Waals surface area contributed by atoms with E-state index in [-0.39, 0.29) is 23.1 Å². The molecule has 1 saturated heterocycles. The van der Waals surface area contributed by atoms with Crippen LogP contribution in [0.4, 0.5) is 13.2 Å². The van der Waals surface area contributed by atoms with Crippen molar-refractivity contribution in [3.63, 3.8) is 0 Å². The van der Waals surface area contributed by atoms with Gasteiger partial charge in [-0.1, -0.05) is 12.1 Å². The smallest absolute Gasteiger partial charge is 0.416 e. The quantitative estimate of drug-likeness (QED) is 0.871. The van der Waals surface area contributed by atoms with Crippen LogP contribution in [-0.4, -0.2) is 29.0 Å². The second-order valence-electron chi connectivity index (χ2n) is 6.24. The Labute approximate surface area is 143 Å². The van der Waals surface area contributed by atoms with Crippen molar-refractivity contribution in [2.24, 2.45) is 0 Å². The van der Waals surface area contributed by atoms with Crippen LogP contribution >= 0.6 is 0 Å². The Balaban J connectivity index is 1.63. The summed E-state index contributed by atoms with van der Waals surface area (Å²) in [5, 5.41) is 9.57. The number of carbonyl (C=O) groups is 1. The fourth-order valence-corrected chi connectivity index (χ4v) is 3.18. The van der Waals surface area contributed by atoms with Gasteiger partial charge in [0.25, 0.3) is 5.91 Å². The highest BCUT2D eigenvalue weighted by molar-refractivity contribution is 5.94. The van der Waals surface area contributed by atoms with E-state index < -0.39 is 11.7 Å². The maximum Gasteiger partial charge on any atom is 0.416 e. The first kappa shape index (κ1) is 17.3. The second-order valence-corrected chi connectivity index (χ2v) is 6.24. The minimum Gasteiger partial charge on any atom is -0.508 e. The molecule has 0 aliphatic carbocycles. The molecular weight excluding hydrogens is 331 g/mol. The Hall–Kier alpha value is -2.50. The molecule has 3 nitrogen and oxygen atoms in total. The highest BCUT2D eigenvalue weighted by Gasteiger charge is 2.31. The number of aromatic hydroxyl groups is 1. The molecule has 6 heteroatoms. The number of halogens is 3. The molecule has 25 heavy (non-hydrogen) atoms. The third-order valence-corrected chi connectivity index (χ3v) is 4.58. The molecule has 1 N–H and O–H groups in total. The number of rotatable bonds is 2. The molecule has 132 valence electrons. The molecule has 0 spiro atoms. The fourth-order valence-electron chi connectivity index (χ4n) is 3.18. The number of hydrogen-bond donors (Lipinski definition) is 1. The molecule has 0 bridgehead atoms. The van der Waals surface area contributed by atoms with E-state index in [4.69, 9.17) is 0 Å². The zero-order chi connectivity index (χ0) is 18.0. The van der Waals surface area contributed by atoms with Gasteiger partial charge >= 0.3 is 6.18 Å². The number of hydrogen-bond acceptors (Lipinski definition) is 2. The summed E-state index contributed by atoms with van der Waals surface area (Å²) in [5.41, 5.74) is 0.553. The van der Waals surface area contributed by atoms with Gasteiger partial charge in [0.05, 0.1) is 5.56 Å². The minimum absolute atomic E-state index is 0.223. The van der Waals surface area contributed by atoms with Gasteiger partial charge in [-0.25, -0.2) is 0 Å². The molecular formula is C19H18F3NO2. The lowest BCUT2D eigenvalue weighted by molar-refractivity contribution is -0.137. The van der Waals surface area contributed by atoms with Crippen LogP contribution in [0.1, 0.15) is 40.2 Å². The lowest BCUT2D eigenvalue weighted by atomic mass is 9.89. The molecule has 0 radical (unpaired) electrons. The molecule has 2 aromatic rings. The SMILES string of the molecule is O=C(c1ccc(C(F)(F)F)cc1)N1CCC(c2cccc(O)c2)CC1. The number of benzene rings is 2. The second kappa shape index (κ2) is 6.78. The van der Waals surface area contributed by atoms with Crippen LogP contribution < -0.4 is 0 Å². The van der Waals surface area contributed by atoms with Crippen LogP contribution in [0.5, 0.6) is 5.75 Å². The largest absolute Gasteiger partial charge is 0.508 e. The van der Waals surface area contributed by atoms with Gasteiger partial charge in [0.2, 0.25) is 0 Å². The molecule has 0 aromatic heterocycles. The zero-order valence-electron chi connectivity index (χ0n) is 13.5. The normalized spacial score (nSPS) is 16.0. The summed E-state index contributed by atoms with van der Waals surface area (Å²) in [5.74, 6) is 0.243. The molecule has 3 rings (SSSR count). The van der Waals surface area contributed by atoms with Crippen LogP contribution in [0, 0.1) is 0 Å². The third kappa shape index (κ3) is 3.95. The molecule has 2 aromatic carbocycles. The standard InChI is InChI=1S/C19H18F3NO2/c20-19(21,22)16-6-4-14(5-7-16)18(25)23-10-8-13(9-11-23)15-2-1-3-17(24)12-15/h1-7,12-13,24H,8-11H2. The van der Waals surface area contributed by atoms with Crippen LogP contribution in [0.15, 0.2) is 48.5 Å². The van der Waals surface area contributed by atoms with Crippen molar-refractivity contribution in [3.8, 4) is 5.75 Å². The van der Waals surface area contributed by atoms with E-state index in [0.29, 0.717) is 13.1 Å². The van der Waals surface area contributed by atoms with E-state index in [2.05, 4.69) is 0 Å². The molecule has 1 aliphatic heterocycles. The molecule has 1 aliphatic rings. The van der Waals surface area contributed by atoms with E-state index in [9.17, 15) is 23.1 Å². The average Bonchev–Trinajstić information content (AvgIpc) is 2.61. The van der Waals surface area contributed by atoms with Gasteiger partial charge in [-0.3, -0.25) is 4.79 Å². The number of nitrogens with zero attached hydrogens (tertiary/aromatic N) is 1. The highest BCUT2D eigenvalue weighted by atomic mass is 19.4. The summed E-state index contributed by atoms with van der Waals surface area (Å²) < 4.78 is 37.8. The van der Waals surface area contributed by atoms with E-state index in [1.54, 1.807) is 23.1 Å². The summed E-state index contributed by atoms with van der Waals surface area (Å²) in [6.45, 7) is 1.08. The topological polar surface area (TPSA) is 40.5 Å². The molecule has 1 fully saturated rings. The van der Waals surface area contributed by atoms with Crippen LogP contribution in [0.25, 0.3) is 0 Å². The zero-order valence-corrected chi connectivity index (χ0v) is 13.5. The van der Waals surface area contributed by atoms with Gasteiger partial charge in [0.15, 0.2) is 0 Å². The van der Waals surface area contributed by atoms with E-state index in [0.717, 1.165) is 30.5 Å². The predicted octanol–water partition coefficient (Wildman–Crippen LogP) is 4.43. The van der Waals surface area contributed by atoms with Crippen molar-refractivity contribution >= 4 is 5.91 Å². The van der Waals surface area contributed by atoms with Crippen molar-refractivity contribution in [1.82, 2.24) is 4.90 Å². The third-order valence-electron chi connectivity index (χ3n) is 4.58. The van der Waals surface area contributed by atoms with Crippen LogP contribution in [0.3, 0.4) is 0 Å². The number of carbonyl (C=O) groups excluding carboxylic acids is 1. The van der Waals surface area contributed by atoms with E-state index in [1.807, 2.05) is 6.07 Å². The Morgan fingerprint density at radius 2 is 1.68 bits per heavy atom. The number of piperidine rings is 1. The number of likely N-dealkylation sites (tertiary alicyclic amines) is 1. The van der Waals surface area contributed by atoms with E-state index >= 15 is 0 Å². The van der Waals surface area contributed by atoms with Crippen molar-refractivity contribution in [1.29, 1.82) is 0 Å². The van der Waals surface area contributed by atoms with Gasteiger partial charge in [-0.15, -0.1) is 0 Å². The number of phenolic OH excluding ortho intramolecular Hbond substituents is 1. The highest BCUT2D eigenvalue weighted by Crippen LogP contribution is 2.31. The Morgan fingerprint density at radius 1 is 1.04 bits per heavy atom. The van der Waals surface area contributed by atoms with Crippen molar-refractivity contribution < 1.29 is 23.1 Å². The minimum atomic E-state index is -4.40. The first-order valence-corrected chi connectivity index (χ1v) is 8.10. The van der Waals surface area contributed by atoms with Gasteiger partial charge in [-0.2, -0.15) is 13.2 Å². The molecule has 0 unspecified atom stereocenters. The summed E-state index contributed by atoms with van der Waals surface area (Å²) in [6, 6.07) is 11.4. The molecule has 0 atom stereocenters. The maximum absolute atomic E-state index is 12.6. The molecule has 0 saturated carbocycles. The van der Waals surface area contributed by atoms with Gasteiger partial charge in [0, 0.05) is 18.7 Å². The molecule has 1 amide bonds. The average molecular weight is 349 g/mol. The van der Waals surface area contributed by atoms with Gasteiger partial charge in [0.1, 0.15) is 5.75 Å². The van der Waals surface area contributed by atoms with Crippen molar-refractivity contribution in [3.05, 3.63) is 65.2 Å².